The van der Waals surface area contributed by atoms with Gasteiger partial charge in [-0.2, -0.15) is 0 Å². The summed E-state index contributed by atoms with van der Waals surface area (Å²) < 4.78 is 20.5. The quantitative estimate of drug-likeness (QED) is 0.197. The van der Waals surface area contributed by atoms with Gasteiger partial charge in [0, 0.05) is 0 Å². The summed E-state index contributed by atoms with van der Waals surface area (Å²) >= 11 is 0. The van der Waals surface area contributed by atoms with E-state index in [1.165, 1.54) is 43.2 Å². The summed E-state index contributed by atoms with van der Waals surface area (Å²) in [5.41, 5.74) is 1.31. The van der Waals surface area contributed by atoms with Gasteiger partial charge in [0.25, 0.3) is 5.97 Å². The van der Waals surface area contributed by atoms with Crippen LogP contribution in [0.3, 0.4) is 0 Å². The van der Waals surface area contributed by atoms with E-state index in [2.05, 4.69) is 100 Å². The van der Waals surface area contributed by atoms with Crippen LogP contribution < -0.4 is 0 Å². The molecule has 0 heterocycles. The molecule has 0 aliphatic heterocycles. The van der Waals surface area contributed by atoms with Crippen LogP contribution in [0.1, 0.15) is 145 Å². The second-order valence-corrected chi connectivity index (χ2v) is 12.8. The fraction of sp³-hybridized carbons (Fsp3) is 0.806. The monoisotopic (exact) mass is 476 g/mol. The van der Waals surface area contributed by atoms with Gasteiger partial charge in [0.1, 0.15) is 0 Å². The lowest BCUT2D eigenvalue weighted by Gasteiger charge is -2.49. The Morgan fingerprint density at radius 3 is 1.44 bits per heavy atom. The predicted molar refractivity (Wildman–Crippen MR) is 146 cm³/mol. The molecule has 0 saturated carbocycles. The maximum Gasteiger partial charge on any atom is 0.291 e. The number of unbranched alkanes of at least 4 members (excludes halogenated alkanes) is 5. The van der Waals surface area contributed by atoms with Gasteiger partial charge >= 0.3 is 0 Å². The van der Waals surface area contributed by atoms with E-state index >= 15 is 0 Å². The van der Waals surface area contributed by atoms with Crippen LogP contribution in [0.2, 0.25) is 0 Å². The van der Waals surface area contributed by atoms with Crippen LogP contribution in [0.15, 0.2) is 24.3 Å². The van der Waals surface area contributed by atoms with Crippen molar-refractivity contribution in [2.24, 2.45) is 0 Å². The van der Waals surface area contributed by atoms with Crippen LogP contribution in [0.4, 0.5) is 0 Å². The fourth-order valence-corrected chi connectivity index (χ4v) is 4.44. The third kappa shape index (κ3) is 12.2. The summed E-state index contributed by atoms with van der Waals surface area (Å²) in [6.45, 7) is 23.3. The van der Waals surface area contributed by atoms with Gasteiger partial charge in [-0.05, 0) is 86.3 Å². The molecule has 1 aromatic carbocycles. The molecule has 0 aliphatic rings. The second kappa shape index (κ2) is 13.4. The molecular weight excluding hydrogens is 420 g/mol. The Morgan fingerprint density at radius 1 is 0.588 bits per heavy atom. The molecule has 0 aromatic heterocycles. The molecule has 0 spiro atoms. The van der Waals surface area contributed by atoms with Gasteiger partial charge in [-0.15, -0.1) is 0 Å². The molecule has 0 saturated heterocycles. The Balaban J connectivity index is 3.49. The fourth-order valence-electron chi connectivity index (χ4n) is 4.44. The summed E-state index contributed by atoms with van der Waals surface area (Å²) in [4.78, 5) is 0. The largest absolute Gasteiger partial charge is 0.321 e. The van der Waals surface area contributed by atoms with Crippen molar-refractivity contribution in [2.75, 3.05) is 0 Å². The van der Waals surface area contributed by atoms with Gasteiger partial charge in [-0.1, -0.05) is 83.1 Å². The Morgan fingerprint density at radius 2 is 1.03 bits per heavy atom. The highest BCUT2D eigenvalue weighted by molar-refractivity contribution is 5.27. The molecule has 3 heteroatoms. The zero-order valence-corrected chi connectivity index (χ0v) is 24.5. The zero-order valence-electron chi connectivity index (χ0n) is 24.5. The van der Waals surface area contributed by atoms with Crippen molar-refractivity contribution in [3.63, 3.8) is 0 Å². The summed E-state index contributed by atoms with van der Waals surface area (Å²) in [6, 6.07) is 9.07. The molecule has 1 atom stereocenters. The van der Waals surface area contributed by atoms with Crippen molar-refractivity contribution in [3.05, 3.63) is 35.4 Å². The SMILES string of the molecule is CCCCCCCCC(c1ccc(CCC)cc1)C(OC(C)(C)C)(OC(C)(C)C)OC(C)(C)C. The highest BCUT2D eigenvalue weighted by Crippen LogP contribution is 2.45. The lowest BCUT2D eigenvalue weighted by Crippen LogP contribution is -2.55. The average Bonchev–Trinajstić information content (AvgIpc) is 2.64. The van der Waals surface area contributed by atoms with Crippen molar-refractivity contribution < 1.29 is 14.2 Å². The smallest absolute Gasteiger partial charge is 0.291 e. The van der Waals surface area contributed by atoms with Crippen LogP contribution in [0, 0.1) is 0 Å². The minimum absolute atomic E-state index is 0.0352. The van der Waals surface area contributed by atoms with Crippen LogP contribution in [0.5, 0.6) is 0 Å². The van der Waals surface area contributed by atoms with Gasteiger partial charge in [0.05, 0.1) is 22.7 Å². The number of ether oxygens (including phenoxy) is 3. The molecule has 0 N–H and O–H groups in total. The van der Waals surface area contributed by atoms with Crippen molar-refractivity contribution in [1.29, 1.82) is 0 Å². The Hall–Kier alpha value is -0.900. The van der Waals surface area contributed by atoms with Gasteiger partial charge < -0.3 is 14.2 Å². The van der Waals surface area contributed by atoms with E-state index < -0.39 is 22.8 Å². The standard InChI is InChI=1S/C31H56O3/c1-12-14-15-16-17-18-20-27(26-23-21-25(19-13-2)22-24-26)31(32-28(3,4)5,33-29(6,7)8)34-30(9,10)11/h21-24,27H,12-20H2,1-11H3. The molecular formula is C31H56O3. The lowest BCUT2D eigenvalue weighted by atomic mass is 9.88. The molecule has 1 rings (SSSR count). The maximum atomic E-state index is 6.82. The predicted octanol–water partition coefficient (Wildman–Crippen LogP) is 9.57. The first-order chi connectivity index (χ1) is 15.6. The Kier molecular flexibility index (Phi) is 12.3. The van der Waals surface area contributed by atoms with E-state index in [1.807, 2.05) is 0 Å². The van der Waals surface area contributed by atoms with E-state index in [1.54, 1.807) is 0 Å². The molecule has 0 bridgehead atoms. The van der Waals surface area contributed by atoms with Gasteiger partial charge in [-0.25, -0.2) is 0 Å². The number of hydrogen-bond donors (Lipinski definition) is 0. The molecule has 3 nitrogen and oxygen atoms in total. The van der Waals surface area contributed by atoms with Crippen LogP contribution >= 0.6 is 0 Å². The average molecular weight is 477 g/mol. The topological polar surface area (TPSA) is 27.7 Å². The molecule has 0 fully saturated rings. The number of benzene rings is 1. The third-order valence-corrected chi connectivity index (χ3v) is 5.54. The van der Waals surface area contributed by atoms with Crippen LogP contribution in [0.25, 0.3) is 0 Å². The Labute approximate surface area is 212 Å². The highest BCUT2D eigenvalue weighted by Gasteiger charge is 2.51. The maximum absolute atomic E-state index is 6.82. The van der Waals surface area contributed by atoms with Crippen molar-refractivity contribution in [2.45, 2.75) is 163 Å². The van der Waals surface area contributed by atoms with E-state index in [9.17, 15) is 0 Å². The highest BCUT2D eigenvalue weighted by atomic mass is 16.9. The first-order valence-electron chi connectivity index (χ1n) is 13.8. The normalized spacial score (nSPS) is 14.4. The van der Waals surface area contributed by atoms with E-state index in [4.69, 9.17) is 14.2 Å². The van der Waals surface area contributed by atoms with Crippen molar-refractivity contribution >= 4 is 0 Å². The number of hydrogen-bond acceptors (Lipinski definition) is 3. The summed E-state index contributed by atoms with van der Waals surface area (Å²) in [5.74, 6) is -1.23. The third-order valence-electron chi connectivity index (χ3n) is 5.54. The summed E-state index contributed by atoms with van der Waals surface area (Å²) in [7, 11) is 0. The zero-order chi connectivity index (χ0) is 26.0. The molecule has 0 radical (unpaired) electrons. The number of rotatable bonds is 14. The summed E-state index contributed by atoms with van der Waals surface area (Å²) in [5, 5.41) is 0. The van der Waals surface area contributed by atoms with E-state index in [0.717, 1.165) is 25.7 Å². The number of aryl methyl sites for hydroxylation is 1. The van der Waals surface area contributed by atoms with Gasteiger partial charge in [0.2, 0.25) is 0 Å². The summed E-state index contributed by atoms with van der Waals surface area (Å²) in [6.07, 6.45) is 10.7. The lowest BCUT2D eigenvalue weighted by molar-refractivity contribution is -0.456. The van der Waals surface area contributed by atoms with Crippen molar-refractivity contribution in [3.8, 4) is 0 Å². The van der Waals surface area contributed by atoms with Crippen LogP contribution in [-0.2, 0) is 20.6 Å². The minimum atomic E-state index is -1.19. The minimum Gasteiger partial charge on any atom is -0.321 e. The first kappa shape index (κ1) is 31.1. The van der Waals surface area contributed by atoms with Crippen LogP contribution in [-0.4, -0.2) is 22.8 Å². The molecule has 0 amide bonds. The Bertz CT molecular complexity index is 630. The molecule has 0 aliphatic carbocycles. The molecule has 1 aromatic rings. The molecule has 1 unspecified atom stereocenters. The molecule has 198 valence electrons. The van der Waals surface area contributed by atoms with Gasteiger partial charge in [0.15, 0.2) is 0 Å². The van der Waals surface area contributed by atoms with Gasteiger partial charge in [-0.3, -0.25) is 0 Å². The van der Waals surface area contributed by atoms with E-state index in [-0.39, 0.29) is 5.92 Å². The molecule has 34 heavy (non-hydrogen) atoms. The van der Waals surface area contributed by atoms with E-state index in [0.29, 0.717) is 0 Å². The van der Waals surface area contributed by atoms with Crippen molar-refractivity contribution in [1.82, 2.24) is 0 Å². The first-order valence-corrected chi connectivity index (χ1v) is 13.8. The second-order valence-electron chi connectivity index (χ2n) is 12.8.